The summed E-state index contributed by atoms with van der Waals surface area (Å²) < 4.78 is 0. The summed E-state index contributed by atoms with van der Waals surface area (Å²) in [6, 6.07) is 8.53. The van der Waals surface area contributed by atoms with Crippen LogP contribution in [0.25, 0.3) is 10.9 Å². The molecular weight excluding hydrogens is 248 g/mol. The molecule has 0 fully saturated rings. The van der Waals surface area contributed by atoms with Crippen molar-refractivity contribution in [3.63, 3.8) is 0 Å². The number of aromatic nitrogens is 1. The third-order valence-corrected chi connectivity index (χ3v) is 2.54. The second-order valence-corrected chi connectivity index (χ2v) is 3.95. The van der Waals surface area contributed by atoms with Crippen LogP contribution >= 0.6 is 0 Å². The summed E-state index contributed by atoms with van der Waals surface area (Å²) in [6.45, 7) is -0.0118. The molecule has 0 aliphatic carbocycles. The molecule has 6 heteroatoms. The van der Waals surface area contributed by atoms with Crippen LogP contribution in [0.5, 0.6) is 5.75 Å². The van der Waals surface area contributed by atoms with Gasteiger partial charge < -0.3 is 15.5 Å². The van der Waals surface area contributed by atoms with Crippen molar-refractivity contribution in [2.75, 3.05) is 6.54 Å². The number of rotatable bonds is 4. The van der Waals surface area contributed by atoms with Crippen LogP contribution in [0.1, 0.15) is 16.9 Å². The number of amides is 1. The second-order valence-electron chi connectivity index (χ2n) is 3.95. The summed E-state index contributed by atoms with van der Waals surface area (Å²) >= 11 is 0. The van der Waals surface area contributed by atoms with Crippen molar-refractivity contribution in [1.29, 1.82) is 0 Å². The molecule has 0 unspecified atom stereocenters. The fourth-order valence-corrected chi connectivity index (χ4v) is 1.64. The standard InChI is InChI=1S/C13H12N2O4/c16-10-7-8-3-1-2-4-9(8)15-12(10)13(19)14-6-5-11(17)18/h1-4,7,16H,5-6H2,(H,14,19)(H,17,18). The molecule has 2 rings (SSSR count). The number of aliphatic carboxylic acids is 1. The lowest BCUT2D eigenvalue weighted by Crippen LogP contribution is -2.26. The number of benzene rings is 1. The van der Waals surface area contributed by atoms with E-state index in [1.807, 2.05) is 0 Å². The van der Waals surface area contributed by atoms with Gasteiger partial charge in [0.2, 0.25) is 0 Å². The van der Waals surface area contributed by atoms with E-state index < -0.39 is 11.9 Å². The highest BCUT2D eigenvalue weighted by atomic mass is 16.4. The lowest BCUT2D eigenvalue weighted by Gasteiger charge is -2.06. The number of carboxylic acids is 1. The van der Waals surface area contributed by atoms with Gasteiger partial charge in [0, 0.05) is 11.9 Å². The zero-order valence-corrected chi connectivity index (χ0v) is 9.96. The molecule has 0 bridgehead atoms. The smallest absolute Gasteiger partial charge is 0.305 e. The molecule has 0 aliphatic rings. The van der Waals surface area contributed by atoms with Crippen molar-refractivity contribution in [1.82, 2.24) is 10.3 Å². The topological polar surface area (TPSA) is 99.5 Å². The minimum atomic E-state index is -1.00. The van der Waals surface area contributed by atoms with Crippen LogP contribution in [0.2, 0.25) is 0 Å². The van der Waals surface area contributed by atoms with Gasteiger partial charge in [-0.05, 0) is 12.1 Å². The molecule has 0 spiro atoms. The van der Waals surface area contributed by atoms with E-state index >= 15 is 0 Å². The Balaban J connectivity index is 2.21. The van der Waals surface area contributed by atoms with Crippen LogP contribution in [0, 0.1) is 0 Å². The largest absolute Gasteiger partial charge is 0.505 e. The maximum atomic E-state index is 11.8. The predicted octanol–water partition coefficient (Wildman–Crippen LogP) is 1.14. The van der Waals surface area contributed by atoms with E-state index in [0.717, 1.165) is 5.39 Å². The van der Waals surface area contributed by atoms with Crippen LogP contribution in [-0.4, -0.2) is 33.6 Å². The first-order valence-corrected chi connectivity index (χ1v) is 5.66. The Hall–Kier alpha value is -2.63. The highest BCUT2D eigenvalue weighted by Gasteiger charge is 2.14. The first-order valence-electron chi connectivity index (χ1n) is 5.66. The van der Waals surface area contributed by atoms with Gasteiger partial charge in [-0.2, -0.15) is 0 Å². The third kappa shape index (κ3) is 2.98. The molecule has 98 valence electrons. The van der Waals surface area contributed by atoms with Gasteiger partial charge in [-0.1, -0.05) is 18.2 Å². The molecule has 1 heterocycles. The van der Waals surface area contributed by atoms with Crippen molar-refractivity contribution in [2.45, 2.75) is 6.42 Å². The fraction of sp³-hybridized carbons (Fsp3) is 0.154. The molecule has 1 aromatic carbocycles. The monoisotopic (exact) mass is 260 g/mol. The summed E-state index contributed by atoms with van der Waals surface area (Å²) in [5, 5.41) is 21.3. The van der Waals surface area contributed by atoms with Crippen molar-refractivity contribution in [3.05, 3.63) is 36.0 Å². The van der Waals surface area contributed by atoms with Crippen LogP contribution < -0.4 is 5.32 Å². The normalized spacial score (nSPS) is 10.3. The number of para-hydroxylation sites is 1. The number of fused-ring (bicyclic) bond motifs is 1. The van der Waals surface area contributed by atoms with Crippen LogP contribution in [-0.2, 0) is 4.79 Å². The van der Waals surface area contributed by atoms with Gasteiger partial charge in [-0.3, -0.25) is 9.59 Å². The van der Waals surface area contributed by atoms with Gasteiger partial charge >= 0.3 is 5.97 Å². The van der Waals surface area contributed by atoms with Crippen LogP contribution in [0.15, 0.2) is 30.3 Å². The summed E-state index contributed by atoms with van der Waals surface area (Å²) in [4.78, 5) is 26.2. The fourth-order valence-electron chi connectivity index (χ4n) is 1.64. The van der Waals surface area contributed by atoms with Crippen molar-refractivity contribution in [3.8, 4) is 5.75 Å². The molecule has 2 aromatic rings. The van der Waals surface area contributed by atoms with Crippen LogP contribution in [0.4, 0.5) is 0 Å². The summed E-state index contributed by atoms with van der Waals surface area (Å²) in [6.07, 6.45) is -0.180. The van der Waals surface area contributed by atoms with Gasteiger partial charge in [-0.15, -0.1) is 0 Å². The van der Waals surface area contributed by atoms with Gasteiger partial charge in [0.1, 0.15) is 5.75 Å². The Morgan fingerprint density at radius 2 is 2.00 bits per heavy atom. The first kappa shape index (κ1) is 12.8. The Labute approximate surface area is 108 Å². The highest BCUT2D eigenvalue weighted by Crippen LogP contribution is 2.21. The van der Waals surface area contributed by atoms with E-state index in [2.05, 4.69) is 10.3 Å². The SMILES string of the molecule is O=C(O)CCNC(=O)c1nc2ccccc2cc1O. The van der Waals surface area contributed by atoms with E-state index in [0.29, 0.717) is 5.52 Å². The lowest BCUT2D eigenvalue weighted by atomic mass is 10.2. The predicted molar refractivity (Wildman–Crippen MR) is 68.0 cm³/mol. The van der Waals surface area contributed by atoms with Gasteiger partial charge in [0.15, 0.2) is 5.69 Å². The van der Waals surface area contributed by atoms with E-state index in [-0.39, 0.29) is 24.4 Å². The molecule has 6 nitrogen and oxygen atoms in total. The zero-order valence-electron chi connectivity index (χ0n) is 9.96. The molecular formula is C13H12N2O4. The summed E-state index contributed by atoms with van der Waals surface area (Å²) in [7, 11) is 0. The number of aromatic hydroxyl groups is 1. The van der Waals surface area contributed by atoms with E-state index in [4.69, 9.17) is 5.11 Å². The Morgan fingerprint density at radius 3 is 2.74 bits per heavy atom. The molecule has 0 atom stereocenters. The number of carboxylic acid groups (broad SMARTS) is 1. The van der Waals surface area contributed by atoms with Crippen LogP contribution in [0.3, 0.4) is 0 Å². The van der Waals surface area contributed by atoms with Crippen molar-refractivity contribution < 1.29 is 19.8 Å². The van der Waals surface area contributed by atoms with Gasteiger partial charge in [0.05, 0.1) is 11.9 Å². The number of pyridine rings is 1. The number of nitrogens with zero attached hydrogens (tertiary/aromatic N) is 1. The second kappa shape index (κ2) is 5.34. The van der Waals surface area contributed by atoms with E-state index in [1.54, 1.807) is 24.3 Å². The summed E-state index contributed by atoms with van der Waals surface area (Å²) in [5.74, 6) is -1.83. The lowest BCUT2D eigenvalue weighted by molar-refractivity contribution is -0.136. The maximum Gasteiger partial charge on any atom is 0.305 e. The average molecular weight is 260 g/mol. The molecule has 0 radical (unpaired) electrons. The number of carbonyl (C=O) groups is 2. The highest BCUT2D eigenvalue weighted by molar-refractivity contribution is 5.97. The third-order valence-electron chi connectivity index (χ3n) is 2.54. The Morgan fingerprint density at radius 1 is 1.26 bits per heavy atom. The maximum absolute atomic E-state index is 11.8. The summed E-state index contributed by atoms with van der Waals surface area (Å²) in [5.41, 5.74) is 0.479. The Kier molecular flexibility index (Phi) is 3.61. The number of nitrogens with one attached hydrogen (secondary N) is 1. The van der Waals surface area contributed by atoms with Gasteiger partial charge in [-0.25, -0.2) is 4.98 Å². The molecule has 1 amide bonds. The molecule has 1 aromatic heterocycles. The quantitative estimate of drug-likeness (QED) is 0.765. The molecule has 3 N–H and O–H groups in total. The molecule has 0 saturated heterocycles. The van der Waals surface area contributed by atoms with Crippen molar-refractivity contribution >= 4 is 22.8 Å². The zero-order chi connectivity index (χ0) is 13.8. The average Bonchev–Trinajstić information content (AvgIpc) is 2.37. The van der Waals surface area contributed by atoms with Gasteiger partial charge in [0.25, 0.3) is 5.91 Å². The minimum absolute atomic E-state index is 0.0118. The van der Waals surface area contributed by atoms with E-state index in [1.165, 1.54) is 6.07 Å². The first-order chi connectivity index (χ1) is 9.08. The molecule has 0 saturated carbocycles. The van der Waals surface area contributed by atoms with Crippen molar-refractivity contribution in [2.24, 2.45) is 0 Å². The number of hydrogen-bond acceptors (Lipinski definition) is 4. The molecule has 19 heavy (non-hydrogen) atoms. The Bertz CT molecular complexity index is 640. The number of carbonyl (C=O) groups excluding carboxylic acids is 1. The van der Waals surface area contributed by atoms with E-state index in [9.17, 15) is 14.7 Å². The molecule has 0 aliphatic heterocycles. The minimum Gasteiger partial charge on any atom is -0.505 e. The number of hydrogen-bond donors (Lipinski definition) is 3.